The second-order valence-corrected chi connectivity index (χ2v) is 6.71. The van der Waals surface area contributed by atoms with Gasteiger partial charge in [-0.05, 0) is 61.7 Å². The van der Waals surface area contributed by atoms with E-state index < -0.39 is 0 Å². The van der Waals surface area contributed by atoms with Gasteiger partial charge in [0.05, 0.1) is 0 Å². The molecule has 140 valence electrons. The number of fused-ring (bicyclic) bond motifs is 1. The standard InChI is InChI=1S/C22H20N4O2/c1-15(27)16-8-10-18(11-9-16)24-22-23-13-12-19(25-22)21(28)26-14-4-6-17-5-2-3-7-20(17)26/h2-3,5,7-13H,4,6,14H2,1H3,(H,23,24,25). The van der Waals surface area contributed by atoms with Gasteiger partial charge in [0.15, 0.2) is 5.78 Å². The van der Waals surface area contributed by atoms with Gasteiger partial charge in [-0.25, -0.2) is 9.97 Å². The average molecular weight is 372 g/mol. The van der Waals surface area contributed by atoms with E-state index in [1.54, 1.807) is 41.4 Å². The number of rotatable bonds is 4. The fourth-order valence-electron chi connectivity index (χ4n) is 3.34. The minimum Gasteiger partial charge on any atom is -0.324 e. The number of aryl methyl sites for hydroxylation is 1. The normalized spacial score (nSPS) is 13.0. The molecule has 0 radical (unpaired) electrons. The lowest BCUT2D eigenvalue weighted by Gasteiger charge is -2.29. The molecule has 6 nitrogen and oxygen atoms in total. The molecule has 0 unspecified atom stereocenters. The molecule has 1 aliphatic heterocycles. The molecule has 0 atom stereocenters. The Kier molecular flexibility index (Phi) is 4.85. The summed E-state index contributed by atoms with van der Waals surface area (Å²) in [6.45, 7) is 2.20. The van der Waals surface area contributed by atoms with E-state index >= 15 is 0 Å². The summed E-state index contributed by atoms with van der Waals surface area (Å²) in [6.07, 6.45) is 3.48. The minimum atomic E-state index is -0.135. The zero-order chi connectivity index (χ0) is 19.5. The Morgan fingerprint density at radius 2 is 1.82 bits per heavy atom. The van der Waals surface area contributed by atoms with E-state index in [9.17, 15) is 9.59 Å². The quantitative estimate of drug-likeness (QED) is 0.700. The van der Waals surface area contributed by atoms with Crippen LogP contribution in [0.3, 0.4) is 0 Å². The lowest BCUT2D eigenvalue weighted by Crippen LogP contribution is -2.36. The third kappa shape index (κ3) is 3.62. The lowest BCUT2D eigenvalue weighted by molar-refractivity contribution is 0.0978. The number of carbonyl (C=O) groups excluding carboxylic acids is 2. The number of carbonyl (C=O) groups is 2. The molecule has 2 heterocycles. The van der Waals surface area contributed by atoms with Crippen LogP contribution in [0.1, 0.15) is 39.8 Å². The van der Waals surface area contributed by atoms with Crippen molar-refractivity contribution in [3.63, 3.8) is 0 Å². The molecule has 6 heteroatoms. The number of hydrogen-bond acceptors (Lipinski definition) is 5. The van der Waals surface area contributed by atoms with Crippen LogP contribution in [-0.2, 0) is 6.42 Å². The van der Waals surface area contributed by atoms with Crippen molar-refractivity contribution in [1.82, 2.24) is 9.97 Å². The number of Topliss-reactive ketones (excluding diaryl/α,β-unsaturated/α-hetero) is 1. The van der Waals surface area contributed by atoms with Crippen LogP contribution in [0.4, 0.5) is 17.3 Å². The van der Waals surface area contributed by atoms with Gasteiger partial charge in [-0.3, -0.25) is 9.59 Å². The smallest absolute Gasteiger partial charge is 0.277 e. The van der Waals surface area contributed by atoms with Crippen LogP contribution >= 0.6 is 0 Å². The molecule has 1 aliphatic rings. The van der Waals surface area contributed by atoms with Gasteiger partial charge in [0.25, 0.3) is 5.91 Å². The number of nitrogens with zero attached hydrogens (tertiary/aromatic N) is 3. The topological polar surface area (TPSA) is 75.2 Å². The molecule has 0 bridgehead atoms. The highest BCUT2D eigenvalue weighted by atomic mass is 16.2. The van der Waals surface area contributed by atoms with E-state index in [0.29, 0.717) is 23.8 Å². The highest BCUT2D eigenvalue weighted by Gasteiger charge is 2.24. The lowest BCUT2D eigenvalue weighted by atomic mass is 10.0. The first-order valence-corrected chi connectivity index (χ1v) is 9.22. The first-order chi connectivity index (χ1) is 13.6. The number of nitrogens with one attached hydrogen (secondary N) is 1. The third-order valence-electron chi connectivity index (χ3n) is 4.78. The summed E-state index contributed by atoms with van der Waals surface area (Å²) in [5.74, 6) is 0.216. The van der Waals surface area contributed by atoms with E-state index in [1.165, 1.54) is 12.5 Å². The van der Waals surface area contributed by atoms with Crippen LogP contribution in [0.5, 0.6) is 0 Å². The summed E-state index contributed by atoms with van der Waals surface area (Å²) in [4.78, 5) is 34.8. The maximum Gasteiger partial charge on any atom is 0.277 e. The molecular formula is C22H20N4O2. The monoisotopic (exact) mass is 372 g/mol. The van der Waals surface area contributed by atoms with E-state index in [-0.39, 0.29) is 11.7 Å². The van der Waals surface area contributed by atoms with E-state index in [4.69, 9.17) is 0 Å². The minimum absolute atomic E-state index is 0.0113. The Labute approximate surface area is 163 Å². The molecule has 0 saturated carbocycles. The first kappa shape index (κ1) is 17.9. The van der Waals surface area contributed by atoms with Gasteiger partial charge < -0.3 is 10.2 Å². The molecule has 1 amide bonds. The van der Waals surface area contributed by atoms with Crippen molar-refractivity contribution >= 4 is 29.0 Å². The van der Waals surface area contributed by atoms with E-state index in [0.717, 1.165) is 24.2 Å². The SMILES string of the molecule is CC(=O)c1ccc(Nc2nccc(C(=O)N3CCCc4ccccc43)n2)cc1. The fourth-order valence-corrected chi connectivity index (χ4v) is 3.34. The number of hydrogen-bond donors (Lipinski definition) is 1. The summed E-state index contributed by atoms with van der Waals surface area (Å²) < 4.78 is 0. The van der Waals surface area contributed by atoms with Crippen molar-refractivity contribution in [3.05, 3.63) is 77.6 Å². The predicted molar refractivity (Wildman–Crippen MR) is 108 cm³/mol. The molecular weight excluding hydrogens is 352 g/mol. The first-order valence-electron chi connectivity index (χ1n) is 9.22. The van der Waals surface area contributed by atoms with Crippen molar-refractivity contribution in [2.45, 2.75) is 19.8 Å². The third-order valence-corrected chi connectivity index (χ3v) is 4.78. The second-order valence-electron chi connectivity index (χ2n) is 6.71. The molecule has 2 aromatic carbocycles. The van der Waals surface area contributed by atoms with Gasteiger partial charge >= 0.3 is 0 Å². The van der Waals surface area contributed by atoms with Crippen LogP contribution in [0.25, 0.3) is 0 Å². The van der Waals surface area contributed by atoms with Crippen molar-refractivity contribution in [3.8, 4) is 0 Å². The van der Waals surface area contributed by atoms with Crippen LogP contribution in [-0.4, -0.2) is 28.2 Å². The Morgan fingerprint density at radius 3 is 2.61 bits per heavy atom. The molecule has 1 aromatic heterocycles. The summed E-state index contributed by atoms with van der Waals surface area (Å²) in [6, 6.07) is 16.7. The number of ketones is 1. The largest absolute Gasteiger partial charge is 0.324 e. The Hall–Kier alpha value is -3.54. The molecule has 3 aromatic rings. The van der Waals surface area contributed by atoms with Crippen LogP contribution in [0.2, 0.25) is 0 Å². The van der Waals surface area contributed by atoms with Crippen molar-refractivity contribution < 1.29 is 9.59 Å². The number of para-hydroxylation sites is 1. The molecule has 0 fully saturated rings. The molecule has 1 N–H and O–H groups in total. The maximum atomic E-state index is 13.1. The number of aromatic nitrogens is 2. The Bertz CT molecular complexity index is 1030. The molecule has 0 saturated heterocycles. The van der Waals surface area contributed by atoms with Crippen LogP contribution < -0.4 is 10.2 Å². The molecule has 4 rings (SSSR count). The van der Waals surface area contributed by atoms with Gasteiger partial charge in [0, 0.05) is 29.7 Å². The highest BCUT2D eigenvalue weighted by molar-refractivity contribution is 6.05. The van der Waals surface area contributed by atoms with Crippen molar-refractivity contribution in [1.29, 1.82) is 0 Å². The Morgan fingerprint density at radius 1 is 1.04 bits per heavy atom. The fraction of sp³-hybridized carbons (Fsp3) is 0.182. The second kappa shape index (κ2) is 7.60. The molecule has 0 aliphatic carbocycles. The maximum absolute atomic E-state index is 13.1. The van der Waals surface area contributed by atoms with Crippen LogP contribution in [0, 0.1) is 0 Å². The molecule has 0 spiro atoms. The molecule has 28 heavy (non-hydrogen) atoms. The van der Waals surface area contributed by atoms with E-state index in [1.807, 2.05) is 18.2 Å². The summed E-state index contributed by atoms with van der Waals surface area (Å²) in [5.41, 5.74) is 3.86. The van der Waals surface area contributed by atoms with Gasteiger partial charge in [-0.2, -0.15) is 0 Å². The zero-order valence-electron chi connectivity index (χ0n) is 15.6. The average Bonchev–Trinajstić information content (AvgIpc) is 2.73. The number of anilines is 3. The summed E-state index contributed by atoms with van der Waals surface area (Å²) in [5, 5.41) is 3.08. The Balaban J connectivity index is 1.55. The predicted octanol–water partition coefficient (Wildman–Crippen LogP) is 4.02. The van der Waals surface area contributed by atoms with E-state index in [2.05, 4.69) is 21.4 Å². The summed E-state index contributed by atoms with van der Waals surface area (Å²) in [7, 11) is 0. The van der Waals surface area contributed by atoms with Crippen LogP contribution in [0.15, 0.2) is 60.8 Å². The zero-order valence-corrected chi connectivity index (χ0v) is 15.6. The summed E-state index contributed by atoms with van der Waals surface area (Å²) >= 11 is 0. The number of benzene rings is 2. The number of amides is 1. The van der Waals surface area contributed by atoms with Gasteiger partial charge in [-0.1, -0.05) is 18.2 Å². The van der Waals surface area contributed by atoms with Gasteiger partial charge in [0.1, 0.15) is 5.69 Å². The van der Waals surface area contributed by atoms with Gasteiger partial charge in [-0.15, -0.1) is 0 Å². The van der Waals surface area contributed by atoms with Gasteiger partial charge in [0.2, 0.25) is 5.95 Å². The highest BCUT2D eigenvalue weighted by Crippen LogP contribution is 2.28. The van der Waals surface area contributed by atoms with Crippen molar-refractivity contribution in [2.24, 2.45) is 0 Å². The van der Waals surface area contributed by atoms with Crippen molar-refractivity contribution in [2.75, 3.05) is 16.8 Å².